The van der Waals surface area contributed by atoms with Crippen LogP contribution < -0.4 is 0 Å². The Kier molecular flexibility index (Phi) is 4.48. The lowest BCUT2D eigenvalue weighted by molar-refractivity contribution is -0.137. The predicted molar refractivity (Wildman–Crippen MR) is 94.3 cm³/mol. The number of halogens is 3. The van der Waals surface area contributed by atoms with Crippen molar-refractivity contribution in [3.63, 3.8) is 0 Å². The van der Waals surface area contributed by atoms with Gasteiger partial charge < -0.3 is 0 Å². The number of thioether (sulfide) groups is 1. The van der Waals surface area contributed by atoms with E-state index < -0.39 is 11.7 Å². The molecule has 1 fully saturated rings. The van der Waals surface area contributed by atoms with E-state index in [2.05, 4.69) is 14.8 Å². The second-order valence-electron chi connectivity index (χ2n) is 6.27. The summed E-state index contributed by atoms with van der Waals surface area (Å²) in [6.45, 7) is 0. The van der Waals surface area contributed by atoms with Gasteiger partial charge in [-0.25, -0.2) is 0 Å². The molecule has 3 aromatic rings. The fraction of sp³-hybridized carbons (Fsp3) is 0.263. The second-order valence-corrected chi connectivity index (χ2v) is 7.21. The molecule has 1 saturated carbocycles. The molecule has 0 amide bonds. The molecule has 0 spiro atoms. The van der Waals surface area contributed by atoms with Gasteiger partial charge >= 0.3 is 6.18 Å². The standard InChI is InChI=1S/C19H16F3N3S/c20-19(21,22)15-10-6-13(7-11-15)12-26-18-24-23-17(14-8-9-14)25(18)16-4-2-1-3-5-16/h1-7,10-11,14H,8-9,12H2. The van der Waals surface area contributed by atoms with Crippen molar-refractivity contribution in [1.29, 1.82) is 0 Å². The Morgan fingerprint density at radius 3 is 2.27 bits per heavy atom. The van der Waals surface area contributed by atoms with Gasteiger partial charge in [0.05, 0.1) is 5.56 Å². The van der Waals surface area contributed by atoms with Crippen molar-refractivity contribution in [2.75, 3.05) is 0 Å². The number of nitrogens with zero attached hydrogens (tertiary/aromatic N) is 3. The van der Waals surface area contributed by atoms with Crippen LogP contribution in [-0.4, -0.2) is 14.8 Å². The van der Waals surface area contributed by atoms with Crippen LogP contribution in [0.2, 0.25) is 0 Å². The molecule has 0 bridgehead atoms. The zero-order chi connectivity index (χ0) is 18.1. The van der Waals surface area contributed by atoms with Crippen molar-refractivity contribution in [2.45, 2.75) is 35.8 Å². The van der Waals surface area contributed by atoms with Crippen LogP contribution in [0.15, 0.2) is 59.8 Å². The predicted octanol–water partition coefficient (Wildman–Crippen LogP) is 5.46. The van der Waals surface area contributed by atoms with E-state index in [9.17, 15) is 13.2 Å². The summed E-state index contributed by atoms with van der Waals surface area (Å²) in [5, 5.41) is 9.44. The number of rotatable bonds is 5. The van der Waals surface area contributed by atoms with Gasteiger partial charge in [0.2, 0.25) is 0 Å². The van der Waals surface area contributed by atoms with E-state index in [1.165, 1.54) is 23.9 Å². The molecule has 0 unspecified atom stereocenters. The van der Waals surface area contributed by atoms with E-state index in [0.717, 1.165) is 47.2 Å². The molecule has 1 aromatic heterocycles. The molecule has 0 atom stereocenters. The maximum atomic E-state index is 12.7. The summed E-state index contributed by atoms with van der Waals surface area (Å²) >= 11 is 1.48. The first-order valence-electron chi connectivity index (χ1n) is 8.32. The minimum absolute atomic E-state index is 0.447. The molecule has 1 heterocycles. The number of hydrogen-bond donors (Lipinski definition) is 0. The maximum absolute atomic E-state index is 12.7. The molecule has 1 aliphatic carbocycles. The van der Waals surface area contributed by atoms with Crippen LogP contribution in [0.25, 0.3) is 5.69 Å². The first-order chi connectivity index (χ1) is 12.5. The van der Waals surface area contributed by atoms with Gasteiger partial charge in [0.15, 0.2) is 5.16 Å². The molecule has 7 heteroatoms. The highest BCUT2D eigenvalue weighted by Gasteiger charge is 2.31. The highest BCUT2D eigenvalue weighted by atomic mass is 32.2. The number of benzene rings is 2. The molecular formula is C19H16F3N3S. The quantitative estimate of drug-likeness (QED) is 0.555. The fourth-order valence-electron chi connectivity index (χ4n) is 2.74. The first-order valence-corrected chi connectivity index (χ1v) is 9.30. The topological polar surface area (TPSA) is 30.7 Å². The number of aromatic nitrogens is 3. The van der Waals surface area contributed by atoms with Gasteiger partial charge in [-0.2, -0.15) is 13.2 Å². The molecule has 2 aromatic carbocycles. The molecule has 0 saturated heterocycles. The van der Waals surface area contributed by atoms with E-state index in [1.807, 2.05) is 30.3 Å². The minimum Gasteiger partial charge on any atom is -0.274 e. The highest BCUT2D eigenvalue weighted by Crippen LogP contribution is 2.41. The van der Waals surface area contributed by atoms with Crippen LogP contribution in [-0.2, 0) is 11.9 Å². The lowest BCUT2D eigenvalue weighted by atomic mass is 10.1. The fourth-order valence-corrected chi connectivity index (χ4v) is 3.65. The third kappa shape index (κ3) is 3.62. The molecule has 4 rings (SSSR count). The van der Waals surface area contributed by atoms with Crippen molar-refractivity contribution >= 4 is 11.8 Å². The number of hydrogen-bond acceptors (Lipinski definition) is 3. The zero-order valence-corrected chi connectivity index (χ0v) is 14.6. The minimum atomic E-state index is -4.31. The molecule has 0 radical (unpaired) electrons. The SMILES string of the molecule is FC(F)(F)c1ccc(CSc2nnc(C3CC3)n2-c2ccccc2)cc1. The monoisotopic (exact) mass is 375 g/mol. The summed E-state index contributed by atoms with van der Waals surface area (Å²) in [6.07, 6.45) is -2.07. The number of para-hydroxylation sites is 1. The molecule has 0 aliphatic heterocycles. The van der Waals surface area contributed by atoms with E-state index in [-0.39, 0.29) is 0 Å². The highest BCUT2D eigenvalue weighted by molar-refractivity contribution is 7.98. The summed E-state index contributed by atoms with van der Waals surface area (Å²) in [4.78, 5) is 0. The van der Waals surface area contributed by atoms with E-state index >= 15 is 0 Å². The molecule has 1 aliphatic rings. The van der Waals surface area contributed by atoms with Gasteiger partial charge in [0, 0.05) is 17.4 Å². The molecule has 3 nitrogen and oxygen atoms in total. The lowest BCUT2D eigenvalue weighted by Crippen LogP contribution is -2.04. The van der Waals surface area contributed by atoms with Crippen LogP contribution in [0.3, 0.4) is 0 Å². The van der Waals surface area contributed by atoms with Crippen molar-refractivity contribution in [2.24, 2.45) is 0 Å². The van der Waals surface area contributed by atoms with E-state index in [0.29, 0.717) is 11.7 Å². The lowest BCUT2D eigenvalue weighted by Gasteiger charge is -2.10. The van der Waals surface area contributed by atoms with Crippen molar-refractivity contribution in [1.82, 2.24) is 14.8 Å². The summed E-state index contributed by atoms with van der Waals surface area (Å²) in [5.41, 5.74) is 1.20. The van der Waals surface area contributed by atoms with Crippen LogP contribution >= 0.6 is 11.8 Å². The Morgan fingerprint density at radius 2 is 1.65 bits per heavy atom. The molecule has 0 N–H and O–H groups in total. The van der Waals surface area contributed by atoms with E-state index in [4.69, 9.17) is 0 Å². The number of alkyl halides is 3. The molecule has 26 heavy (non-hydrogen) atoms. The summed E-state index contributed by atoms with van der Waals surface area (Å²) in [5.74, 6) is 1.95. The Hall–Kier alpha value is -2.28. The van der Waals surface area contributed by atoms with Crippen LogP contribution in [0.5, 0.6) is 0 Å². The van der Waals surface area contributed by atoms with Gasteiger partial charge in [0.25, 0.3) is 0 Å². The second kappa shape index (κ2) is 6.79. The Labute approximate surface area is 153 Å². The normalized spacial score (nSPS) is 14.6. The van der Waals surface area contributed by atoms with Gasteiger partial charge in [-0.1, -0.05) is 42.1 Å². The van der Waals surface area contributed by atoms with Gasteiger partial charge in [-0.05, 0) is 42.7 Å². The molecular weight excluding hydrogens is 359 g/mol. The Balaban J connectivity index is 1.55. The smallest absolute Gasteiger partial charge is 0.274 e. The summed E-state index contributed by atoms with van der Waals surface area (Å²) in [6, 6.07) is 15.2. The van der Waals surface area contributed by atoms with E-state index in [1.54, 1.807) is 0 Å². The van der Waals surface area contributed by atoms with Crippen LogP contribution in [0.1, 0.15) is 35.7 Å². The first kappa shape index (κ1) is 17.1. The third-order valence-electron chi connectivity index (χ3n) is 4.26. The summed E-state index contributed by atoms with van der Waals surface area (Å²) in [7, 11) is 0. The van der Waals surface area contributed by atoms with Crippen LogP contribution in [0, 0.1) is 0 Å². The van der Waals surface area contributed by atoms with Gasteiger partial charge in [-0.15, -0.1) is 10.2 Å². The largest absolute Gasteiger partial charge is 0.416 e. The third-order valence-corrected chi connectivity index (χ3v) is 5.26. The average Bonchev–Trinajstić information content (AvgIpc) is 3.40. The average molecular weight is 375 g/mol. The van der Waals surface area contributed by atoms with Crippen molar-refractivity contribution < 1.29 is 13.2 Å². The van der Waals surface area contributed by atoms with Crippen molar-refractivity contribution in [3.8, 4) is 5.69 Å². The van der Waals surface area contributed by atoms with Crippen LogP contribution in [0.4, 0.5) is 13.2 Å². The maximum Gasteiger partial charge on any atom is 0.416 e. The van der Waals surface area contributed by atoms with Gasteiger partial charge in [0.1, 0.15) is 5.82 Å². The zero-order valence-electron chi connectivity index (χ0n) is 13.8. The van der Waals surface area contributed by atoms with Gasteiger partial charge in [-0.3, -0.25) is 4.57 Å². The summed E-state index contributed by atoms with van der Waals surface area (Å²) < 4.78 is 40.1. The molecule has 134 valence electrons. The van der Waals surface area contributed by atoms with Crippen molar-refractivity contribution in [3.05, 3.63) is 71.5 Å². The Bertz CT molecular complexity index is 885. The Morgan fingerprint density at radius 1 is 0.962 bits per heavy atom.